The molecule has 0 N–H and O–H groups in total. The molecule has 2 fully saturated rings. The minimum Gasteiger partial charge on any atom is -0.497 e. The summed E-state index contributed by atoms with van der Waals surface area (Å²) in [6.45, 7) is 6.58. The van der Waals surface area contributed by atoms with Crippen molar-refractivity contribution in [2.45, 2.75) is 6.54 Å². The Morgan fingerprint density at radius 2 is 1.14 bits per heavy atom. The zero-order chi connectivity index (χ0) is 24.6. The van der Waals surface area contributed by atoms with Crippen LogP contribution in [0.5, 0.6) is 11.5 Å². The van der Waals surface area contributed by atoms with Crippen LogP contribution in [0.15, 0.2) is 60.7 Å². The summed E-state index contributed by atoms with van der Waals surface area (Å²) < 4.78 is 10.4. The minimum atomic E-state index is -0.106. The number of nitrogens with zero attached hydrogens (tertiary/aromatic N) is 4. The first kappa shape index (κ1) is 24.6. The number of hydrogen-bond donors (Lipinski definition) is 0. The van der Waals surface area contributed by atoms with Gasteiger partial charge in [0.15, 0.2) is 0 Å². The van der Waals surface area contributed by atoms with E-state index in [1.165, 1.54) is 17.7 Å². The molecule has 0 saturated carbocycles. The van der Waals surface area contributed by atoms with Crippen LogP contribution in [0.4, 0.5) is 5.69 Å². The number of anilines is 1. The largest absolute Gasteiger partial charge is 0.497 e. The van der Waals surface area contributed by atoms with Gasteiger partial charge in [0, 0.05) is 76.7 Å². The maximum atomic E-state index is 12.6. The lowest BCUT2D eigenvalue weighted by molar-refractivity contribution is -0.129. The summed E-state index contributed by atoms with van der Waals surface area (Å²) in [7, 11) is 3.32. The Kier molecular flexibility index (Phi) is 8.26. The predicted molar refractivity (Wildman–Crippen MR) is 136 cm³/mol. The van der Waals surface area contributed by atoms with E-state index >= 15 is 0 Å². The zero-order valence-corrected chi connectivity index (χ0v) is 20.6. The third-order valence-electron chi connectivity index (χ3n) is 6.65. The van der Waals surface area contributed by atoms with Crippen LogP contribution in [0, 0.1) is 0 Å². The molecule has 8 nitrogen and oxygen atoms in total. The van der Waals surface area contributed by atoms with Gasteiger partial charge in [0.1, 0.15) is 11.5 Å². The van der Waals surface area contributed by atoms with E-state index in [1.54, 1.807) is 19.1 Å². The van der Waals surface area contributed by atoms with Gasteiger partial charge in [0.05, 0.1) is 14.2 Å². The number of benzene rings is 2. The molecule has 2 amide bonds. The monoisotopic (exact) mass is 478 g/mol. The van der Waals surface area contributed by atoms with Crippen molar-refractivity contribution < 1.29 is 19.1 Å². The summed E-state index contributed by atoms with van der Waals surface area (Å²) >= 11 is 0. The van der Waals surface area contributed by atoms with E-state index in [4.69, 9.17) is 9.47 Å². The highest BCUT2D eigenvalue weighted by Gasteiger charge is 2.22. The molecule has 0 aromatic heterocycles. The maximum absolute atomic E-state index is 12.6. The van der Waals surface area contributed by atoms with Gasteiger partial charge in [-0.25, -0.2) is 0 Å². The van der Waals surface area contributed by atoms with E-state index in [-0.39, 0.29) is 11.8 Å². The predicted octanol–water partition coefficient (Wildman–Crippen LogP) is 2.25. The number of methoxy groups -OCH3 is 2. The Hall–Kier alpha value is -3.52. The van der Waals surface area contributed by atoms with Crippen LogP contribution in [-0.4, -0.2) is 93.1 Å². The van der Waals surface area contributed by atoms with E-state index < -0.39 is 0 Å². The number of ether oxygens (including phenoxy) is 2. The molecule has 186 valence electrons. The molecule has 0 bridgehead atoms. The average Bonchev–Trinajstić information content (AvgIpc) is 2.92. The summed E-state index contributed by atoms with van der Waals surface area (Å²) in [5.41, 5.74) is 2.35. The molecule has 8 heteroatoms. The van der Waals surface area contributed by atoms with Crippen molar-refractivity contribution in [1.82, 2.24) is 14.7 Å². The molecule has 0 unspecified atom stereocenters. The maximum Gasteiger partial charge on any atom is 0.246 e. The number of carbonyl (C=O) groups excluding carboxylic acids is 2. The molecule has 0 radical (unpaired) electrons. The van der Waals surface area contributed by atoms with E-state index in [1.807, 2.05) is 41.3 Å². The fourth-order valence-corrected chi connectivity index (χ4v) is 4.45. The van der Waals surface area contributed by atoms with Crippen molar-refractivity contribution in [2.24, 2.45) is 0 Å². The summed E-state index contributed by atoms with van der Waals surface area (Å²) in [5, 5.41) is 0. The van der Waals surface area contributed by atoms with E-state index in [2.05, 4.69) is 21.9 Å². The van der Waals surface area contributed by atoms with Gasteiger partial charge in [-0.2, -0.15) is 0 Å². The normalized spacial score (nSPS) is 17.0. The van der Waals surface area contributed by atoms with Crippen LogP contribution in [0.25, 0.3) is 0 Å². The fraction of sp³-hybridized carbons (Fsp3) is 0.407. The minimum absolute atomic E-state index is 0.0979. The van der Waals surface area contributed by atoms with E-state index in [0.29, 0.717) is 26.2 Å². The molecule has 2 aliphatic heterocycles. The number of rotatable bonds is 7. The molecule has 2 saturated heterocycles. The Bertz CT molecular complexity index is 1010. The molecular weight excluding hydrogens is 444 g/mol. The first-order valence-corrected chi connectivity index (χ1v) is 12.1. The quantitative estimate of drug-likeness (QED) is 0.569. The molecule has 0 spiro atoms. The van der Waals surface area contributed by atoms with Crippen molar-refractivity contribution in [2.75, 3.05) is 71.5 Å². The summed E-state index contributed by atoms with van der Waals surface area (Å²) in [5.74, 6) is 1.48. The van der Waals surface area contributed by atoms with Crippen LogP contribution in [-0.2, 0) is 16.1 Å². The second-order valence-electron chi connectivity index (χ2n) is 8.79. The fourth-order valence-electron chi connectivity index (χ4n) is 4.45. The van der Waals surface area contributed by atoms with Crippen LogP contribution in [0.2, 0.25) is 0 Å². The van der Waals surface area contributed by atoms with Gasteiger partial charge in [0.2, 0.25) is 11.8 Å². The van der Waals surface area contributed by atoms with Crippen molar-refractivity contribution >= 4 is 17.5 Å². The Labute approximate surface area is 207 Å². The van der Waals surface area contributed by atoms with Crippen molar-refractivity contribution in [3.05, 3.63) is 66.2 Å². The molecule has 2 heterocycles. The number of piperazine rings is 2. The smallest absolute Gasteiger partial charge is 0.246 e. The topological polar surface area (TPSA) is 65.6 Å². The summed E-state index contributed by atoms with van der Waals surface area (Å²) in [6.07, 6.45) is 2.85. The lowest BCUT2D eigenvalue weighted by atomic mass is 10.2. The molecule has 35 heavy (non-hydrogen) atoms. The van der Waals surface area contributed by atoms with Gasteiger partial charge in [-0.1, -0.05) is 12.1 Å². The molecule has 2 aromatic carbocycles. The Morgan fingerprint density at radius 3 is 1.63 bits per heavy atom. The number of hydrogen-bond acceptors (Lipinski definition) is 6. The standard InChI is InChI=1S/C27H34N4O4/c1-34-24-7-3-22(4-8-24)21-28-13-15-30(16-14-28)26(32)11-12-27(33)31-19-17-29(18-20-31)23-5-9-25(35-2)10-6-23/h3-12H,13-21H2,1-2H3/b12-11+. The molecule has 4 rings (SSSR count). The summed E-state index contributed by atoms with van der Waals surface area (Å²) in [6, 6.07) is 16.0. The van der Waals surface area contributed by atoms with Crippen molar-refractivity contribution in [3.63, 3.8) is 0 Å². The van der Waals surface area contributed by atoms with Crippen LogP contribution >= 0.6 is 0 Å². The number of carbonyl (C=O) groups is 2. The SMILES string of the molecule is COc1ccc(CN2CCN(C(=O)/C=C/C(=O)N3CCN(c4ccc(OC)cc4)CC3)CC2)cc1. The first-order chi connectivity index (χ1) is 17.1. The van der Waals surface area contributed by atoms with E-state index in [9.17, 15) is 9.59 Å². The highest BCUT2D eigenvalue weighted by Crippen LogP contribution is 2.20. The highest BCUT2D eigenvalue weighted by molar-refractivity contribution is 5.96. The Balaban J connectivity index is 1.19. The number of amides is 2. The Morgan fingerprint density at radius 1 is 0.686 bits per heavy atom. The lowest BCUT2D eigenvalue weighted by Gasteiger charge is -2.36. The van der Waals surface area contributed by atoms with Gasteiger partial charge in [-0.3, -0.25) is 14.5 Å². The first-order valence-electron chi connectivity index (χ1n) is 12.1. The van der Waals surface area contributed by atoms with Crippen molar-refractivity contribution in [3.8, 4) is 11.5 Å². The molecule has 0 aliphatic carbocycles. The van der Waals surface area contributed by atoms with Gasteiger partial charge in [-0.05, 0) is 42.0 Å². The van der Waals surface area contributed by atoms with Gasteiger partial charge < -0.3 is 24.2 Å². The lowest BCUT2D eigenvalue weighted by Crippen LogP contribution is -2.49. The van der Waals surface area contributed by atoms with Gasteiger partial charge in [-0.15, -0.1) is 0 Å². The molecule has 0 atom stereocenters. The second-order valence-corrected chi connectivity index (χ2v) is 8.79. The van der Waals surface area contributed by atoms with Crippen LogP contribution in [0.3, 0.4) is 0 Å². The van der Waals surface area contributed by atoms with Crippen LogP contribution in [0.1, 0.15) is 5.56 Å². The molecule has 2 aliphatic rings. The van der Waals surface area contributed by atoms with E-state index in [0.717, 1.165) is 49.9 Å². The average molecular weight is 479 g/mol. The molecular formula is C27H34N4O4. The highest BCUT2D eigenvalue weighted by atomic mass is 16.5. The summed E-state index contributed by atoms with van der Waals surface area (Å²) in [4.78, 5) is 33.5. The molecule has 2 aromatic rings. The van der Waals surface area contributed by atoms with Gasteiger partial charge >= 0.3 is 0 Å². The van der Waals surface area contributed by atoms with Crippen molar-refractivity contribution in [1.29, 1.82) is 0 Å². The third kappa shape index (κ3) is 6.54. The third-order valence-corrected chi connectivity index (χ3v) is 6.65. The van der Waals surface area contributed by atoms with Crippen LogP contribution < -0.4 is 14.4 Å². The second kappa shape index (κ2) is 11.8. The van der Waals surface area contributed by atoms with Gasteiger partial charge in [0.25, 0.3) is 0 Å². The zero-order valence-electron chi connectivity index (χ0n) is 20.6.